The van der Waals surface area contributed by atoms with Crippen molar-refractivity contribution in [1.29, 1.82) is 0 Å². The molecule has 0 bridgehead atoms. The quantitative estimate of drug-likeness (QED) is 0.188. The van der Waals surface area contributed by atoms with E-state index in [0.29, 0.717) is 5.56 Å². The monoisotopic (exact) mass is 558 g/mol. The Labute approximate surface area is 230 Å². The summed E-state index contributed by atoms with van der Waals surface area (Å²) in [6.07, 6.45) is -1.69. The molecule has 0 aliphatic heterocycles. The smallest absolute Gasteiger partial charge is 0.319 e. The molecule has 40 heavy (non-hydrogen) atoms. The highest BCUT2D eigenvalue weighted by molar-refractivity contribution is 6.24. The maximum Gasteiger partial charge on any atom is 0.319 e. The molecule has 1 aromatic carbocycles. The SMILES string of the molecule is C[C@@H]1c2ccc(NC(=O)NC(C)(C)C)c(O)c2C(O)=C2C(=O)[C@@]3(O)C(O)=C(C(N)=O)C(=O)[C@H](N(C)C)[C@H]3[C@H](O)[C@H]21. The van der Waals surface area contributed by atoms with Crippen LogP contribution in [0, 0.1) is 11.8 Å². The lowest BCUT2D eigenvalue weighted by Crippen LogP contribution is -2.70. The molecule has 4 rings (SSSR count). The van der Waals surface area contributed by atoms with Crippen molar-refractivity contribution in [3.05, 3.63) is 40.2 Å². The van der Waals surface area contributed by atoms with Gasteiger partial charge in [0, 0.05) is 17.0 Å². The number of hydrogen-bond acceptors (Lipinski definition) is 10. The van der Waals surface area contributed by atoms with Gasteiger partial charge in [-0.05, 0) is 52.4 Å². The van der Waals surface area contributed by atoms with Gasteiger partial charge in [0.05, 0.1) is 29.3 Å². The van der Waals surface area contributed by atoms with Crippen LogP contribution in [0.25, 0.3) is 5.76 Å². The second-order valence-electron chi connectivity index (χ2n) is 11.8. The fourth-order valence-electron chi connectivity index (χ4n) is 6.21. The number of ketones is 2. The number of aliphatic hydroxyl groups excluding tert-OH is 3. The van der Waals surface area contributed by atoms with E-state index in [1.54, 1.807) is 27.7 Å². The van der Waals surface area contributed by atoms with Gasteiger partial charge in [-0.1, -0.05) is 13.0 Å². The van der Waals surface area contributed by atoms with Crippen molar-refractivity contribution in [3.8, 4) is 5.75 Å². The van der Waals surface area contributed by atoms with Gasteiger partial charge in [0.15, 0.2) is 11.4 Å². The molecule has 9 N–H and O–H groups in total. The molecule has 3 aliphatic rings. The normalized spacial score (nSPS) is 30.1. The molecule has 3 amide bonds. The van der Waals surface area contributed by atoms with Crippen molar-refractivity contribution in [2.75, 3.05) is 19.4 Å². The number of nitrogens with two attached hydrogens (primary N) is 1. The first-order valence-electron chi connectivity index (χ1n) is 12.6. The lowest BCUT2D eigenvalue weighted by molar-refractivity contribution is -0.169. The number of primary amides is 1. The summed E-state index contributed by atoms with van der Waals surface area (Å²) in [6, 6.07) is 0.837. The highest BCUT2D eigenvalue weighted by atomic mass is 16.4. The summed E-state index contributed by atoms with van der Waals surface area (Å²) in [7, 11) is 2.87. The third-order valence-electron chi connectivity index (χ3n) is 7.87. The van der Waals surface area contributed by atoms with E-state index in [-0.39, 0.29) is 11.3 Å². The van der Waals surface area contributed by atoms with E-state index in [9.17, 15) is 44.7 Å². The van der Waals surface area contributed by atoms with E-state index in [1.165, 1.54) is 31.1 Å². The second-order valence-corrected chi connectivity index (χ2v) is 11.8. The first-order valence-corrected chi connectivity index (χ1v) is 12.6. The molecule has 13 nitrogen and oxygen atoms in total. The van der Waals surface area contributed by atoms with Crippen LogP contribution in [0.3, 0.4) is 0 Å². The molecule has 1 aromatic rings. The topological polar surface area (TPSA) is 223 Å². The number of anilines is 1. The van der Waals surface area contributed by atoms with E-state index < -0.39 is 93.0 Å². The number of Topliss-reactive ketones (excluding diaryl/α,β-unsaturated/α-hetero) is 2. The molecule has 6 atom stereocenters. The fourth-order valence-corrected chi connectivity index (χ4v) is 6.21. The number of fused-ring (bicyclic) bond motifs is 3. The Bertz CT molecular complexity index is 1410. The number of amides is 3. The molecular formula is C27H34N4O9. The first-order chi connectivity index (χ1) is 18.4. The Morgan fingerprint density at radius 1 is 1.10 bits per heavy atom. The van der Waals surface area contributed by atoms with Crippen LogP contribution < -0.4 is 16.4 Å². The van der Waals surface area contributed by atoms with Gasteiger partial charge in [0.2, 0.25) is 5.78 Å². The molecule has 216 valence electrons. The van der Waals surface area contributed by atoms with Crippen LogP contribution in [0.1, 0.15) is 44.7 Å². The molecular weight excluding hydrogens is 524 g/mol. The Morgan fingerprint density at radius 2 is 1.70 bits per heavy atom. The summed E-state index contributed by atoms with van der Waals surface area (Å²) in [5.41, 5.74) is 0.237. The number of rotatable bonds is 3. The number of urea groups is 1. The van der Waals surface area contributed by atoms with Crippen LogP contribution >= 0.6 is 0 Å². The number of carbonyl (C=O) groups excluding carboxylic acids is 4. The third-order valence-corrected chi connectivity index (χ3v) is 7.87. The van der Waals surface area contributed by atoms with Gasteiger partial charge in [-0.3, -0.25) is 19.3 Å². The van der Waals surface area contributed by atoms with Crippen molar-refractivity contribution in [1.82, 2.24) is 10.2 Å². The van der Waals surface area contributed by atoms with Crippen molar-refractivity contribution in [2.45, 2.75) is 56.9 Å². The second kappa shape index (κ2) is 9.32. The summed E-state index contributed by atoms with van der Waals surface area (Å²) in [5, 5.41) is 61.9. The number of phenolic OH excluding ortho intramolecular Hbond substituents is 1. The number of nitrogens with one attached hydrogen (secondary N) is 2. The fraction of sp³-hybridized carbons (Fsp3) is 0.481. The van der Waals surface area contributed by atoms with Gasteiger partial charge in [-0.25, -0.2) is 4.79 Å². The molecule has 3 aliphatic carbocycles. The lowest BCUT2D eigenvalue weighted by atomic mass is 9.54. The zero-order valence-corrected chi connectivity index (χ0v) is 22.9. The summed E-state index contributed by atoms with van der Waals surface area (Å²) in [6.45, 7) is 6.88. The summed E-state index contributed by atoms with van der Waals surface area (Å²) >= 11 is 0. The number of aliphatic hydroxyl groups is 4. The number of nitrogens with zero attached hydrogens (tertiary/aromatic N) is 1. The third kappa shape index (κ3) is 4.03. The highest BCUT2D eigenvalue weighted by Crippen LogP contribution is 2.56. The van der Waals surface area contributed by atoms with E-state index in [2.05, 4.69) is 10.6 Å². The number of carbonyl (C=O) groups is 4. The van der Waals surface area contributed by atoms with Gasteiger partial charge < -0.3 is 41.9 Å². The Kier molecular flexibility index (Phi) is 6.77. The number of aromatic hydroxyl groups is 1. The van der Waals surface area contributed by atoms with Gasteiger partial charge in [0.25, 0.3) is 5.91 Å². The standard InChI is InChI=1S/C27H34N4O9/c1-9-10-7-8-11(29-25(39)30-26(2,3)4)18(32)13(10)19(33)14-12(9)20(34)16-17(31(5)6)21(35)15(24(28)38)23(37)27(16,40)22(14)36/h7-9,12,16-17,20,32-34,37,40H,1-6H3,(H2,28,38)(H2,29,30,39)/t9-,12+,16+,17-,20-,27-/m1/s1. The first kappa shape index (κ1) is 29.1. The molecule has 1 saturated carbocycles. The van der Waals surface area contributed by atoms with Crippen LogP contribution in [-0.4, -0.2) is 91.3 Å². The minimum Gasteiger partial charge on any atom is -0.508 e. The molecule has 0 spiro atoms. The number of likely N-dealkylation sites (N-methyl/N-ethyl adjacent to an activating group) is 1. The summed E-state index contributed by atoms with van der Waals surface area (Å²) in [5.74, 6) is -9.86. The number of phenols is 1. The maximum absolute atomic E-state index is 14.0. The summed E-state index contributed by atoms with van der Waals surface area (Å²) in [4.78, 5) is 53.0. The van der Waals surface area contributed by atoms with Crippen LogP contribution in [0.5, 0.6) is 5.75 Å². The average molecular weight is 559 g/mol. The zero-order valence-electron chi connectivity index (χ0n) is 22.9. The molecule has 0 aromatic heterocycles. The van der Waals surface area contributed by atoms with Crippen molar-refractivity contribution in [2.24, 2.45) is 17.6 Å². The van der Waals surface area contributed by atoms with Crippen molar-refractivity contribution >= 4 is 35.0 Å². The highest BCUT2D eigenvalue weighted by Gasteiger charge is 2.68. The van der Waals surface area contributed by atoms with Crippen molar-refractivity contribution < 1.29 is 44.7 Å². The van der Waals surface area contributed by atoms with Crippen LogP contribution in [0.4, 0.5) is 10.5 Å². The lowest BCUT2D eigenvalue weighted by Gasteiger charge is -2.53. The van der Waals surface area contributed by atoms with Crippen LogP contribution in [-0.2, 0) is 14.4 Å². The molecule has 0 unspecified atom stereocenters. The predicted molar refractivity (Wildman–Crippen MR) is 142 cm³/mol. The summed E-state index contributed by atoms with van der Waals surface area (Å²) < 4.78 is 0. The minimum atomic E-state index is -3.00. The molecule has 0 radical (unpaired) electrons. The van der Waals surface area contributed by atoms with E-state index >= 15 is 0 Å². The predicted octanol–water partition coefficient (Wildman–Crippen LogP) is 0.416. The molecule has 1 fully saturated rings. The van der Waals surface area contributed by atoms with Gasteiger partial charge in [-0.15, -0.1) is 0 Å². The van der Waals surface area contributed by atoms with E-state index in [1.807, 2.05) is 0 Å². The van der Waals surface area contributed by atoms with Gasteiger partial charge >= 0.3 is 6.03 Å². The molecule has 13 heteroatoms. The molecule has 0 saturated heterocycles. The zero-order chi connectivity index (χ0) is 30.2. The van der Waals surface area contributed by atoms with E-state index in [4.69, 9.17) is 5.73 Å². The molecule has 0 heterocycles. The number of benzene rings is 1. The van der Waals surface area contributed by atoms with Crippen LogP contribution in [0.15, 0.2) is 29.0 Å². The van der Waals surface area contributed by atoms with Gasteiger partial charge in [-0.2, -0.15) is 0 Å². The van der Waals surface area contributed by atoms with Gasteiger partial charge in [0.1, 0.15) is 22.8 Å². The maximum atomic E-state index is 14.0. The van der Waals surface area contributed by atoms with Crippen LogP contribution in [0.2, 0.25) is 0 Å². The number of hydrogen-bond donors (Lipinski definition) is 8. The minimum absolute atomic E-state index is 0.0895. The Hall–Kier alpha value is -3.94. The largest absolute Gasteiger partial charge is 0.508 e. The van der Waals surface area contributed by atoms with Crippen molar-refractivity contribution in [3.63, 3.8) is 0 Å². The average Bonchev–Trinajstić information content (AvgIpc) is 2.81. The Balaban J connectivity index is 1.93. The Morgan fingerprint density at radius 3 is 2.23 bits per heavy atom. The van der Waals surface area contributed by atoms with E-state index in [0.717, 1.165) is 0 Å².